The third-order valence-corrected chi connectivity index (χ3v) is 6.47. The van der Waals surface area contributed by atoms with Gasteiger partial charge in [-0.1, -0.05) is 26.0 Å². The van der Waals surface area contributed by atoms with E-state index < -0.39 is 21.8 Å². The van der Waals surface area contributed by atoms with Gasteiger partial charge < -0.3 is 10.1 Å². The summed E-state index contributed by atoms with van der Waals surface area (Å²) in [5.74, 6) is -0.406. The molecular formula is C21H26N4O5S. The van der Waals surface area contributed by atoms with E-state index in [1.54, 1.807) is 26.0 Å². The Balaban J connectivity index is 1.91. The number of hydrogen-bond donors (Lipinski definition) is 2. The first kappa shape index (κ1) is 24.0. The Labute approximate surface area is 182 Å². The fourth-order valence-electron chi connectivity index (χ4n) is 2.74. The van der Waals surface area contributed by atoms with E-state index in [0.717, 1.165) is 0 Å². The van der Waals surface area contributed by atoms with Gasteiger partial charge in [-0.3, -0.25) is 9.59 Å². The van der Waals surface area contributed by atoms with Crippen molar-refractivity contribution in [3.63, 3.8) is 0 Å². The van der Waals surface area contributed by atoms with Gasteiger partial charge in [0.05, 0.1) is 24.8 Å². The van der Waals surface area contributed by atoms with Crippen molar-refractivity contribution in [1.82, 2.24) is 15.0 Å². The maximum Gasteiger partial charge on any atom is 0.259 e. The molecule has 2 aromatic carbocycles. The third-order valence-electron chi connectivity index (χ3n) is 4.40. The van der Waals surface area contributed by atoms with Crippen LogP contribution in [0, 0.1) is 0 Å². The van der Waals surface area contributed by atoms with E-state index in [4.69, 9.17) is 4.74 Å². The lowest BCUT2D eigenvalue weighted by molar-refractivity contribution is -0.120. The lowest BCUT2D eigenvalue weighted by atomic mass is 10.2. The van der Waals surface area contributed by atoms with Crippen LogP contribution in [0.4, 0.5) is 0 Å². The van der Waals surface area contributed by atoms with Crippen LogP contribution < -0.4 is 15.5 Å². The molecule has 2 N–H and O–H groups in total. The monoisotopic (exact) mass is 446 g/mol. The summed E-state index contributed by atoms with van der Waals surface area (Å²) in [4.78, 5) is 24.2. The van der Waals surface area contributed by atoms with Crippen molar-refractivity contribution in [2.24, 2.45) is 5.10 Å². The maximum absolute atomic E-state index is 12.5. The molecule has 0 spiro atoms. The summed E-state index contributed by atoms with van der Waals surface area (Å²) in [6, 6.07) is 12.7. The van der Waals surface area contributed by atoms with Gasteiger partial charge in [0, 0.05) is 24.2 Å². The Hall–Kier alpha value is -3.24. The Morgan fingerprint density at radius 1 is 1.06 bits per heavy atom. The Morgan fingerprint density at radius 2 is 1.71 bits per heavy atom. The molecule has 0 unspecified atom stereocenters. The van der Waals surface area contributed by atoms with Crippen molar-refractivity contribution >= 4 is 28.1 Å². The van der Waals surface area contributed by atoms with Crippen molar-refractivity contribution in [3.8, 4) is 5.75 Å². The van der Waals surface area contributed by atoms with Crippen LogP contribution in [0.1, 0.15) is 29.8 Å². The number of ether oxygens (including phenoxy) is 1. The first-order valence-corrected chi connectivity index (χ1v) is 11.1. The normalized spacial score (nSPS) is 11.5. The molecule has 0 saturated heterocycles. The SMILES string of the molecule is CCN(CC)S(=O)(=O)c1ccc(C(=O)NCC(=O)N/N=C\c2ccccc2OC)cc1. The minimum atomic E-state index is -3.59. The third kappa shape index (κ3) is 6.37. The van der Waals surface area contributed by atoms with Crippen LogP contribution >= 0.6 is 0 Å². The highest BCUT2D eigenvalue weighted by Gasteiger charge is 2.21. The fourth-order valence-corrected chi connectivity index (χ4v) is 4.20. The number of methoxy groups -OCH3 is 1. The number of carbonyl (C=O) groups excluding carboxylic acids is 2. The lowest BCUT2D eigenvalue weighted by Crippen LogP contribution is -2.35. The van der Waals surface area contributed by atoms with Gasteiger partial charge in [-0.2, -0.15) is 9.41 Å². The second kappa shape index (κ2) is 11.2. The van der Waals surface area contributed by atoms with Crippen LogP contribution in [-0.4, -0.2) is 57.5 Å². The van der Waals surface area contributed by atoms with E-state index in [2.05, 4.69) is 15.8 Å². The molecule has 2 amide bonds. The topological polar surface area (TPSA) is 117 Å². The Morgan fingerprint density at radius 3 is 2.32 bits per heavy atom. The minimum absolute atomic E-state index is 0.108. The van der Waals surface area contributed by atoms with Gasteiger partial charge in [0.15, 0.2) is 0 Å². The molecule has 10 heteroatoms. The summed E-state index contributed by atoms with van der Waals surface area (Å²) < 4.78 is 31.5. The molecular weight excluding hydrogens is 420 g/mol. The largest absolute Gasteiger partial charge is 0.496 e. The number of amides is 2. The van der Waals surface area contributed by atoms with E-state index in [9.17, 15) is 18.0 Å². The van der Waals surface area contributed by atoms with Crippen LogP contribution in [0.2, 0.25) is 0 Å². The number of nitrogens with zero attached hydrogens (tertiary/aromatic N) is 2. The highest BCUT2D eigenvalue weighted by molar-refractivity contribution is 7.89. The predicted octanol–water partition coefficient (Wildman–Crippen LogP) is 1.61. The first-order chi connectivity index (χ1) is 14.8. The number of hydrazone groups is 1. The number of benzene rings is 2. The van der Waals surface area contributed by atoms with E-state index in [1.807, 2.05) is 12.1 Å². The van der Waals surface area contributed by atoms with Gasteiger partial charge in [0.25, 0.3) is 11.8 Å². The summed E-state index contributed by atoms with van der Waals surface area (Å²) >= 11 is 0. The van der Waals surface area contributed by atoms with Gasteiger partial charge in [-0.05, 0) is 36.4 Å². The zero-order chi connectivity index (χ0) is 22.9. The predicted molar refractivity (Wildman–Crippen MR) is 118 cm³/mol. The Bertz CT molecular complexity index is 1030. The van der Waals surface area contributed by atoms with Gasteiger partial charge in [0.2, 0.25) is 10.0 Å². The molecule has 2 aromatic rings. The number of sulfonamides is 1. The molecule has 0 atom stereocenters. The Kier molecular flexibility index (Phi) is 8.71. The molecule has 0 heterocycles. The zero-order valence-electron chi connectivity index (χ0n) is 17.7. The van der Waals surface area contributed by atoms with Crippen LogP contribution in [0.15, 0.2) is 58.5 Å². The molecule has 2 rings (SSSR count). The summed E-state index contributed by atoms with van der Waals surface area (Å²) in [5.41, 5.74) is 3.25. The first-order valence-electron chi connectivity index (χ1n) is 9.66. The highest BCUT2D eigenvalue weighted by atomic mass is 32.2. The molecule has 166 valence electrons. The van der Waals surface area contributed by atoms with Crippen molar-refractivity contribution in [1.29, 1.82) is 0 Å². The molecule has 0 saturated carbocycles. The smallest absolute Gasteiger partial charge is 0.259 e. The number of carbonyl (C=O) groups is 2. The molecule has 0 aromatic heterocycles. The molecule has 0 bridgehead atoms. The van der Waals surface area contributed by atoms with Crippen molar-refractivity contribution < 1.29 is 22.7 Å². The average molecular weight is 447 g/mol. The molecule has 0 radical (unpaired) electrons. The van der Waals surface area contributed by atoms with Crippen molar-refractivity contribution in [3.05, 3.63) is 59.7 Å². The van der Waals surface area contributed by atoms with E-state index >= 15 is 0 Å². The molecule has 0 aliphatic carbocycles. The number of nitrogens with one attached hydrogen (secondary N) is 2. The standard InChI is InChI=1S/C21H26N4O5S/c1-4-25(5-2)31(28,29)18-12-10-16(11-13-18)21(27)22-15-20(26)24-23-14-17-8-6-7-9-19(17)30-3/h6-14H,4-5,15H2,1-3H3,(H,22,27)(H,24,26)/b23-14-. The minimum Gasteiger partial charge on any atom is -0.496 e. The molecule has 0 fully saturated rings. The van der Waals surface area contributed by atoms with Gasteiger partial charge in [-0.25, -0.2) is 13.8 Å². The van der Waals surface area contributed by atoms with Crippen molar-refractivity contribution in [2.45, 2.75) is 18.7 Å². The van der Waals surface area contributed by atoms with E-state index in [1.165, 1.54) is 41.9 Å². The van der Waals surface area contributed by atoms with Crippen LogP contribution in [0.5, 0.6) is 5.75 Å². The fraction of sp³-hybridized carbons (Fsp3) is 0.286. The van der Waals surface area contributed by atoms with Gasteiger partial charge in [-0.15, -0.1) is 0 Å². The molecule has 9 nitrogen and oxygen atoms in total. The van der Waals surface area contributed by atoms with E-state index in [-0.39, 0.29) is 17.0 Å². The van der Waals surface area contributed by atoms with Gasteiger partial charge in [0.1, 0.15) is 5.75 Å². The molecule has 31 heavy (non-hydrogen) atoms. The maximum atomic E-state index is 12.5. The second-order valence-electron chi connectivity index (χ2n) is 6.33. The summed E-state index contributed by atoms with van der Waals surface area (Å²) in [6.07, 6.45) is 1.44. The number of rotatable bonds is 10. The summed E-state index contributed by atoms with van der Waals surface area (Å²) in [7, 11) is -2.06. The van der Waals surface area contributed by atoms with Crippen LogP contribution in [0.3, 0.4) is 0 Å². The molecule has 0 aliphatic rings. The number of hydrogen-bond acceptors (Lipinski definition) is 6. The summed E-state index contributed by atoms with van der Waals surface area (Å²) in [5, 5.41) is 6.31. The number of para-hydroxylation sites is 1. The van der Waals surface area contributed by atoms with Gasteiger partial charge >= 0.3 is 0 Å². The van der Waals surface area contributed by atoms with E-state index in [0.29, 0.717) is 24.4 Å². The quantitative estimate of drug-likeness (QED) is 0.425. The van der Waals surface area contributed by atoms with Crippen LogP contribution in [-0.2, 0) is 14.8 Å². The molecule has 0 aliphatic heterocycles. The average Bonchev–Trinajstić information content (AvgIpc) is 2.78. The van der Waals surface area contributed by atoms with Crippen LogP contribution in [0.25, 0.3) is 0 Å². The second-order valence-corrected chi connectivity index (χ2v) is 8.27. The van der Waals surface area contributed by atoms with Crippen molar-refractivity contribution in [2.75, 3.05) is 26.7 Å². The summed E-state index contributed by atoms with van der Waals surface area (Å²) in [6.45, 7) is 3.94. The zero-order valence-corrected chi connectivity index (χ0v) is 18.5. The highest BCUT2D eigenvalue weighted by Crippen LogP contribution is 2.16. The lowest BCUT2D eigenvalue weighted by Gasteiger charge is -2.18.